The molecule has 112 valence electrons. The Morgan fingerprint density at radius 2 is 1.89 bits per heavy atom. The summed E-state index contributed by atoms with van der Waals surface area (Å²) in [4.78, 5) is 0. The van der Waals surface area contributed by atoms with Crippen LogP contribution >= 0.6 is 0 Å². The second-order valence-corrected chi connectivity index (χ2v) is 6.70. The van der Waals surface area contributed by atoms with Crippen LogP contribution in [0.1, 0.15) is 77.6 Å². The van der Waals surface area contributed by atoms with Crippen LogP contribution in [0, 0.1) is 11.8 Å². The van der Waals surface area contributed by atoms with Crippen molar-refractivity contribution in [2.24, 2.45) is 11.8 Å². The summed E-state index contributed by atoms with van der Waals surface area (Å²) < 4.78 is 5.64. The minimum atomic E-state index is -0.0519. The highest BCUT2D eigenvalue weighted by Gasteiger charge is 2.26. The number of ether oxygens (including phenoxy) is 1. The Bertz CT molecular complexity index is 227. The number of aliphatic hydroxyl groups is 1. The largest absolute Gasteiger partial charge is 0.393 e. The van der Waals surface area contributed by atoms with Crippen LogP contribution in [0.25, 0.3) is 0 Å². The van der Waals surface area contributed by atoms with E-state index in [0.29, 0.717) is 12.0 Å². The van der Waals surface area contributed by atoms with Crippen molar-refractivity contribution in [1.29, 1.82) is 0 Å². The molecule has 0 aromatic rings. The summed E-state index contributed by atoms with van der Waals surface area (Å²) in [6.07, 6.45) is 14.1. The summed E-state index contributed by atoms with van der Waals surface area (Å²) in [7, 11) is 0. The standard InChI is InChI=1S/C17H32O2/c1-2-5-14-9-11-15(12-10-14)17(18)8-3-6-16-7-4-13-19-16/h14-18H,2-13H2,1H3. The second-order valence-electron chi connectivity index (χ2n) is 6.70. The molecule has 1 heterocycles. The fourth-order valence-electron chi connectivity index (χ4n) is 3.93. The monoisotopic (exact) mass is 268 g/mol. The lowest BCUT2D eigenvalue weighted by atomic mass is 9.77. The number of rotatable bonds is 7. The van der Waals surface area contributed by atoms with Crippen molar-refractivity contribution in [2.75, 3.05) is 6.61 Å². The summed E-state index contributed by atoms with van der Waals surface area (Å²) >= 11 is 0. The predicted octanol–water partition coefficient (Wildman–Crippen LogP) is 4.30. The van der Waals surface area contributed by atoms with E-state index in [1.807, 2.05) is 0 Å². The normalized spacial score (nSPS) is 33.5. The van der Waals surface area contributed by atoms with Gasteiger partial charge in [-0.1, -0.05) is 32.6 Å². The molecule has 1 saturated carbocycles. The van der Waals surface area contributed by atoms with E-state index in [2.05, 4.69) is 6.92 Å². The molecule has 2 heteroatoms. The molecule has 2 rings (SSSR count). The van der Waals surface area contributed by atoms with E-state index in [4.69, 9.17) is 4.74 Å². The van der Waals surface area contributed by atoms with Gasteiger partial charge in [0.25, 0.3) is 0 Å². The summed E-state index contributed by atoms with van der Waals surface area (Å²) in [5.41, 5.74) is 0. The van der Waals surface area contributed by atoms with E-state index in [1.54, 1.807) is 0 Å². The van der Waals surface area contributed by atoms with Crippen molar-refractivity contribution >= 4 is 0 Å². The maximum atomic E-state index is 10.3. The molecule has 0 aromatic heterocycles. The first kappa shape index (κ1) is 15.3. The predicted molar refractivity (Wildman–Crippen MR) is 79.2 cm³/mol. The van der Waals surface area contributed by atoms with Crippen LogP contribution in [-0.2, 0) is 4.74 Å². The minimum Gasteiger partial charge on any atom is -0.393 e. The Morgan fingerprint density at radius 3 is 2.53 bits per heavy atom. The van der Waals surface area contributed by atoms with Gasteiger partial charge in [0.15, 0.2) is 0 Å². The number of hydrogen-bond acceptors (Lipinski definition) is 2. The van der Waals surface area contributed by atoms with Crippen LogP contribution in [0.3, 0.4) is 0 Å². The summed E-state index contributed by atoms with van der Waals surface area (Å²) in [6.45, 7) is 3.24. The van der Waals surface area contributed by atoms with Crippen LogP contribution in [0.15, 0.2) is 0 Å². The third-order valence-electron chi connectivity index (χ3n) is 5.18. The van der Waals surface area contributed by atoms with Crippen molar-refractivity contribution in [3.63, 3.8) is 0 Å². The fourth-order valence-corrected chi connectivity index (χ4v) is 3.93. The second kappa shape index (κ2) is 8.26. The van der Waals surface area contributed by atoms with Gasteiger partial charge in [-0.05, 0) is 56.8 Å². The van der Waals surface area contributed by atoms with E-state index in [9.17, 15) is 5.11 Å². The lowest BCUT2D eigenvalue weighted by Gasteiger charge is -2.31. The average molecular weight is 268 g/mol. The Kier molecular flexibility index (Phi) is 6.66. The van der Waals surface area contributed by atoms with Gasteiger partial charge in [-0.25, -0.2) is 0 Å². The molecule has 0 amide bonds. The summed E-state index contributed by atoms with van der Waals surface area (Å²) in [5, 5.41) is 10.3. The zero-order valence-electron chi connectivity index (χ0n) is 12.7. The molecular formula is C17H32O2. The van der Waals surface area contributed by atoms with Crippen molar-refractivity contribution in [2.45, 2.75) is 89.8 Å². The molecule has 0 bridgehead atoms. The van der Waals surface area contributed by atoms with Gasteiger partial charge in [-0.3, -0.25) is 0 Å². The van der Waals surface area contributed by atoms with Gasteiger partial charge in [-0.15, -0.1) is 0 Å². The highest BCUT2D eigenvalue weighted by molar-refractivity contribution is 4.78. The third-order valence-corrected chi connectivity index (χ3v) is 5.18. The van der Waals surface area contributed by atoms with Gasteiger partial charge in [0, 0.05) is 6.61 Å². The van der Waals surface area contributed by atoms with Crippen molar-refractivity contribution < 1.29 is 9.84 Å². The highest BCUT2D eigenvalue weighted by Crippen LogP contribution is 2.34. The zero-order valence-corrected chi connectivity index (χ0v) is 12.7. The molecule has 2 unspecified atom stereocenters. The molecule has 19 heavy (non-hydrogen) atoms. The first-order chi connectivity index (χ1) is 9.29. The lowest BCUT2D eigenvalue weighted by Crippen LogP contribution is -2.26. The third kappa shape index (κ3) is 5.07. The lowest BCUT2D eigenvalue weighted by molar-refractivity contribution is 0.0554. The fraction of sp³-hybridized carbons (Fsp3) is 1.00. The van der Waals surface area contributed by atoms with E-state index in [-0.39, 0.29) is 6.10 Å². The van der Waals surface area contributed by atoms with E-state index in [1.165, 1.54) is 51.4 Å². The topological polar surface area (TPSA) is 29.5 Å². The molecule has 0 spiro atoms. The summed E-state index contributed by atoms with van der Waals surface area (Å²) in [6, 6.07) is 0. The molecule has 1 N–H and O–H groups in total. The maximum absolute atomic E-state index is 10.3. The molecule has 1 saturated heterocycles. The average Bonchev–Trinajstić information content (AvgIpc) is 2.93. The van der Waals surface area contributed by atoms with Gasteiger partial charge in [-0.2, -0.15) is 0 Å². The quantitative estimate of drug-likeness (QED) is 0.746. The van der Waals surface area contributed by atoms with Crippen LogP contribution in [0.2, 0.25) is 0 Å². The molecule has 0 aromatic carbocycles. The van der Waals surface area contributed by atoms with Gasteiger partial charge in [0.1, 0.15) is 0 Å². The zero-order chi connectivity index (χ0) is 13.5. The van der Waals surface area contributed by atoms with Gasteiger partial charge >= 0.3 is 0 Å². The van der Waals surface area contributed by atoms with E-state index >= 15 is 0 Å². The van der Waals surface area contributed by atoms with Crippen molar-refractivity contribution in [1.82, 2.24) is 0 Å². The molecule has 1 aliphatic carbocycles. The van der Waals surface area contributed by atoms with Gasteiger partial charge < -0.3 is 9.84 Å². The Labute approximate surface area is 118 Å². The molecule has 2 aliphatic rings. The minimum absolute atomic E-state index is 0.0519. The van der Waals surface area contributed by atoms with E-state index in [0.717, 1.165) is 31.8 Å². The van der Waals surface area contributed by atoms with E-state index < -0.39 is 0 Å². The summed E-state index contributed by atoms with van der Waals surface area (Å²) in [5.74, 6) is 1.53. The van der Waals surface area contributed by atoms with Crippen LogP contribution < -0.4 is 0 Å². The molecular weight excluding hydrogens is 236 g/mol. The molecule has 2 fully saturated rings. The van der Waals surface area contributed by atoms with Crippen LogP contribution in [0.5, 0.6) is 0 Å². The Balaban J connectivity index is 1.57. The van der Waals surface area contributed by atoms with Gasteiger partial charge in [0.05, 0.1) is 12.2 Å². The first-order valence-electron chi connectivity index (χ1n) is 8.59. The Hall–Kier alpha value is -0.0800. The highest BCUT2D eigenvalue weighted by atomic mass is 16.5. The molecule has 2 nitrogen and oxygen atoms in total. The van der Waals surface area contributed by atoms with Crippen LogP contribution in [0.4, 0.5) is 0 Å². The van der Waals surface area contributed by atoms with Crippen molar-refractivity contribution in [3.05, 3.63) is 0 Å². The van der Waals surface area contributed by atoms with Crippen molar-refractivity contribution in [3.8, 4) is 0 Å². The van der Waals surface area contributed by atoms with Gasteiger partial charge in [0.2, 0.25) is 0 Å². The maximum Gasteiger partial charge on any atom is 0.0576 e. The molecule has 2 atom stereocenters. The SMILES string of the molecule is CCCC1CCC(C(O)CCCC2CCCO2)CC1. The smallest absolute Gasteiger partial charge is 0.0576 e. The molecule has 0 radical (unpaired) electrons. The Morgan fingerprint density at radius 1 is 1.11 bits per heavy atom. The molecule has 1 aliphatic heterocycles. The number of hydrogen-bond donors (Lipinski definition) is 1. The number of aliphatic hydroxyl groups excluding tert-OH is 1. The van der Waals surface area contributed by atoms with Crippen LogP contribution in [-0.4, -0.2) is 23.9 Å². The first-order valence-corrected chi connectivity index (χ1v) is 8.59.